The monoisotopic (exact) mass is 577 g/mol. The summed E-state index contributed by atoms with van der Waals surface area (Å²) in [4.78, 5) is 24.8. The van der Waals surface area contributed by atoms with Gasteiger partial charge in [0.05, 0.1) is 11.8 Å². The third-order valence-electron chi connectivity index (χ3n) is 5.67. The van der Waals surface area contributed by atoms with Gasteiger partial charge in [-0.15, -0.1) is 10.2 Å². The number of hydrogen-bond acceptors (Lipinski definition) is 5. The summed E-state index contributed by atoms with van der Waals surface area (Å²) in [6, 6.07) is 25.2. The minimum Gasteiger partial charge on any atom is -0.326 e. The van der Waals surface area contributed by atoms with E-state index in [0.29, 0.717) is 30.4 Å². The molecule has 0 fully saturated rings. The molecule has 2 N–H and O–H groups in total. The van der Waals surface area contributed by atoms with E-state index >= 15 is 0 Å². The van der Waals surface area contributed by atoms with Crippen LogP contribution in [0.4, 0.5) is 11.4 Å². The number of carbonyl (C=O) groups excluding carboxylic acids is 2. The van der Waals surface area contributed by atoms with Gasteiger partial charge in [-0.3, -0.25) is 14.2 Å². The minimum absolute atomic E-state index is 0.0364. The first-order chi connectivity index (χ1) is 18.0. The Bertz CT molecular complexity index is 1340. The molecule has 0 radical (unpaired) electrons. The second-order valence-electron chi connectivity index (χ2n) is 8.37. The largest absolute Gasteiger partial charge is 0.326 e. The van der Waals surface area contributed by atoms with E-state index in [0.717, 1.165) is 27.0 Å². The fourth-order valence-electron chi connectivity index (χ4n) is 3.66. The van der Waals surface area contributed by atoms with E-state index in [1.165, 1.54) is 11.8 Å². The van der Waals surface area contributed by atoms with Gasteiger partial charge >= 0.3 is 0 Å². The van der Waals surface area contributed by atoms with Crippen LogP contribution < -0.4 is 10.6 Å². The van der Waals surface area contributed by atoms with Crippen LogP contribution in [0.25, 0.3) is 11.4 Å². The second-order valence-corrected chi connectivity index (χ2v) is 10.5. The van der Waals surface area contributed by atoms with Gasteiger partial charge in [-0.2, -0.15) is 0 Å². The van der Waals surface area contributed by atoms with Crippen molar-refractivity contribution in [3.63, 3.8) is 0 Å². The van der Waals surface area contributed by atoms with Gasteiger partial charge in [0, 0.05) is 27.8 Å². The maximum atomic E-state index is 13.1. The molecular formula is C28H28BrN5O2S. The van der Waals surface area contributed by atoms with Crippen LogP contribution in [0, 0.1) is 0 Å². The third kappa shape index (κ3) is 7.08. The molecular weight excluding hydrogens is 550 g/mol. The van der Waals surface area contributed by atoms with E-state index < -0.39 is 0 Å². The quantitative estimate of drug-likeness (QED) is 0.207. The lowest BCUT2D eigenvalue weighted by molar-refractivity contribution is -0.116. The summed E-state index contributed by atoms with van der Waals surface area (Å²) in [5.41, 5.74) is 3.45. The molecule has 1 heterocycles. The molecule has 4 rings (SSSR count). The van der Waals surface area contributed by atoms with Gasteiger partial charge in [-0.1, -0.05) is 71.9 Å². The molecule has 0 aliphatic carbocycles. The predicted octanol–water partition coefficient (Wildman–Crippen LogP) is 6.61. The summed E-state index contributed by atoms with van der Waals surface area (Å²) < 4.78 is 2.99. The molecule has 2 amide bonds. The molecule has 0 saturated heterocycles. The van der Waals surface area contributed by atoms with E-state index in [2.05, 4.69) is 48.9 Å². The Morgan fingerprint density at radius 1 is 0.892 bits per heavy atom. The van der Waals surface area contributed by atoms with Crippen molar-refractivity contribution in [1.29, 1.82) is 0 Å². The van der Waals surface area contributed by atoms with E-state index in [4.69, 9.17) is 0 Å². The standard InChI is InChI=1S/C28H28BrN5O2S/c1-3-24(27(36)31-23-16-12-21(29)13-17-23)37-28-33-32-26(34(28)18-19-8-6-5-7-9-19)20-10-14-22(15-11-20)30-25(35)4-2/h5-17,24H,3-4,18H2,1-2H3,(H,30,35)(H,31,36)/t24-/m1/s1. The molecule has 37 heavy (non-hydrogen) atoms. The van der Waals surface area contributed by atoms with Gasteiger partial charge < -0.3 is 10.6 Å². The highest BCUT2D eigenvalue weighted by Crippen LogP contribution is 2.30. The average molecular weight is 579 g/mol. The summed E-state index contributed by atoms with van der Waals surface area (Å²) in [7, 11) is 0. The molecule has 0 aliphatic rings. The average Bonchev–Trinajstić information content (AvgIpc) is 3.31. The molecule has 3 aromatic carbocycles. The number of benzene rings is 3. The Kier molecular flexibility index (Phi) is 9.14. The number of amides is 2. The summed E-state index contributed by atoms with van der Waals surface area (Å²) in [6.45, 7) is 4.36. The first-order valence-corrected chi connectivity index (χ1v) is 13.7. The summed E-state index contributed by atoms with van der Waals surface area (Å²) in [5.74, 6) is 0.579. The molecule has 190 valence electrons. The highest BCUT2D eigenvalue weighted by atomic mass is 79.9. The lowest BCUT2D eigenvalue weighted by Crippen LogP contribution is -2.25. The molecule has 0 aliphatic heterocycles. The summed E-state index contributed by atoms with van der Waals surface area (Å²) in [6.07, 6.45) is 1.05. The van der Waals surface area contributed by atoms with Crippen LogP contribution in [-0.2, 0) is 16.1 Å². The summed E-state index contributed by atoms with van der Waals surface area (Å²) >= 11 is 4.83. The zero-order valence-corrected chi connectivity index (χ0v) is 23.1. The van der Waals surface area contributed by atoms with Crippen LogP contribution in [0.2, 0.25) is 0 Å². The van der Waals surface area contributed by atoms with Crippen molar-refractivity contribution in [3.8, 4) is 11.4 Å². The maximum absolute atomic E-state index is 13.1. The van der Waals surface area contributed by atoms with Crippen LogP contribution >= 0.6 is 27.7 Å². The van der Waals surface area contributed by atoms with Crippen molar-refractivity contribution in [2.75, 3.05) is 10.6 Å². The Hall–Kier alpha value is -3.43. The number of nitrogens with zero attached hydrogens (tertiary/aromatic N) is 3. The molecule has 0 saturated carbocycles. The van der Waals surface area contributed by atoms with E-state index in [1.54, 1.807) is 0 Å². The van der Waals surface area contributed by atoms with Crippen molar-refractivity contribution in [2.45, 2.75) is 43.6 Å². The lowest BCUT2D eigenvalue weighted by Gasteiger charge is -2.16. The topological polar surface area (TPSA) is 88.9 Å². The first kappa shape index (κ1) is 26.6. The van der Waals surface area contributed by atoms with Crippen molar-refractivity contribution >= 4 is 50.9 Å². The third-order valence-corrected chi connectivity index (χ3v) is 7.54. The number of halogens is 1. The van der Waals surface area contributed by atoms with Crippen LogP contribution in [0.3, 0.4) is 0 Å². The van der Waals surface area contributed by atoms with Gasteiger partial charge in [0.2, 0.25) is 11.8 Å². The number of rotatable bonds is 10. The van der Waals surface area contributed by atoms with Crippen molar-refractivity contribution in [2.24, 2.45) is 0 Å². The van der Waals surface area contributed by atoms with Gasteiger partial charge in [-0.25, -0.2) is 0 Å². The highest BCUT2D eigenvalue weighted by Gasteiger charge is 2.23. The molecule has 4 aromatic rings. The van der Waals surface area contributed by atoms with Gasteiger partial charge in [0.15, 0.2) is 11.0 Å². The van der Waals surface area contributed by atoms with Crippen molar-refractivity contribution in [3.05, 3.63) is 88.9 Å². The van der Waals surface area contributed by atoms with E-state index in [9.17, 15) is 9.59 Å². The highest BCUT2D eigenvalue weighted by molar-refractivity contribution is 9.10. The Morgan fingerprint density at radius 2 is 1.54 bits per heavy atom. The zero-order valence-electron chi connectivity index (χ0n) is 20.6. The fourth-order valence-corrected chi connectivity index (χ4v) is 4.87. The number of thioether (sulfide) groups is 1. The van der Waals surface area contributed by atoms with E-state index in [1.807, 2.05) is 85.1 Å². The van der Waals surface area contributed by atoms with Gasteiger partial charge in [0.25, 0.3) is 0 Å². The van der Waals surface area contributed by atoms with Crippen LogP contribution in [0.5, 0.6) is 0 Å². The second kappa shape index (κ2) is 12.7. The predicted molar refractivity (Wildman–Crippen MR) is 153 cm³/mol. The molecule has 0 spiro atoms. The number of hydrogen-bond donors (Lipinski definition) is 2. The zero-order chi connectivity index (χ0) is 26.2. The van der Waals surface area contributed by atoms with Crippen molar-refractivity contribution < 1.29 is 9.59 Å². The van der Waals surface area contributed by atoms with Crippen molar-refractivity contribution in [1.82, 2.24) is 14.8 Å². The van der Waals surface area contributed by atoms with Crippen LogP contribution in [0.15, 0.2) is 88.5 Å². The molecule has 9 heteroatoms. The number of anilines is 2. The maximum Gasteiger partial charge on any atom is 0.237 e. The minimum atomic E-state index is -0.346. The van der Waals surface area contributed by atoms with Gasteiger partial charge in [-0.05, 0) is 60.5 Å². The van der Waals surface area contributed by atoms with Crippen LogP contribution in [0.1, 0.15) is 32.3 Å². The number of aromatic nitrogens is 3. The molecule has 1 atom stereocenters. The first-order valence-electron chi connectivity index (χ1n) is 12.1. The Balaban J connectivity index is 1.60. The number of carbonyl (C=O) groups is 2. The molecule has 0 bridgehead atoms. The van der Waals surface area contributed by atoms with E-state index in [-0.39, 0.29) is 17.1 Å². The Labute approximate surface area is 229 Å². The van der Waals surface area contributed by atoms with Crippen LogP contribution in [-0.4, -0.2) is 31.8 Å². The fraction of sp³-hybridized carbons (Fsp3) is 0.214. The SMILES string of the molecule is CCC(=O)Nc1ccc(-c2nnc(S[C@H](CC)C(=O)Nc3ccc(Br)cc3)n2Cc2ccccc2)cc1. The number of nitrogens with one attached hydrogen (secondary N) is 2. The normalized spacial score (nSPS) is 11.6. The summed E-state index contributed by atoms with van der Waals surface area (Å²) in [5, 5.41) is 15.2. The smallest absolute Gasteiger partial charge is 0.237 e. The Morgan fingerprint density at radius 3 is 2.19 bits per heavy atom. The lowest BCUT2D eigenvalue weighted by atomic mass is 10.1. The van der Waals surface area contributed by atoms with Gasteiger partial charge in [0.1, 0.15) is 0 Å². The molecule has 7 nitrogen and oxygen atoms in total. The molecule has 0 unspecified atom stereocenters. The molecule has 1 aromatic heterocycles.